The molecule has 0 bridgehead atoms. The SMILES string of the molecule is CC(C)(C)CNc1ccccc1SCC(F)(F)F. The molecule has 0 atom stereocenters. The Bertz CT molecular complexity index is 346. The molecule has 0 fully saturated rings. The molecular weight excluding hydrogens is 259 g/mol. The Morgan fingerprint density at radius 3 is 2.28 bits per heavy atom. The highest BCUT2D eigenvalue weighted by Crippen LogP contribution is 2.32. The van der Waals surface area contributed by atoms with Gasteiger partial charge in [0.1, 0.15) is 0 Å². The number of nitrogens with one attached hydrogen (secondary N) is 1. The zero-order chi connectivity index (χ0) is 13.8. The van der Waals surface area contributed by atoms with Crippen molar-refractivity contribution in [1.82, 2.24) is 0 Å². The molecule has 0 saturated heterocycles. The van der Waals surface area contributed by atoms with E-state index in [2.05, 4.69) is 26.1 Å². The Labute approximate surface area is 110 Å². The van der Waals surface area contributed by atoms with Gasteiger partial charge in [-0.3, -0.25) is 0 Å². The van der Waals surface area contributed by atoms with Crippen molar-refractivity contribution in [2.45, 2.75) is 31.8 Å². The molecule has 0 aromatic heterocycles. The predicted octanol–water partition coefficient (Wildman–Crippen LogP) is 4.80. The smallest absolute Gasteiger partial charge is 0.384 e. The van der Waals surface area contributed by atoms with Crippen LogP contribution in [0.1, 0.15) is 20.8 Å². The quantitative estimate of drug-likeness (QED) is 0.793. The minimum Gasteiger partial charge on any atom is -0.384 e. The van der Waals surface area contributed by atoms with Crippen LogP contribution in [0.5, 0.6) is 0 Å². The summed E-state index contributed by atoms with van der Waals surface area (Å²) in [5.41, 5.74) is 0.851. The third kappa shape index (κ3) is 6.19. The molecule has 0 aliphatic carbocycles. The van der Waals surface area contributed by atoms with E-state index in [0.717, 1.165) is 24.0 Å². The molecule has 1 nitrogen and oxygen atoms in total. The molecule has 102 valence electrons. The number of alkyl halides is 3. The number of rotatable bonds is 4. The van der Waals surface area contributed by atoms with Crippen molar-refractivity contribution in [3.8, 4) is 0 Å². The number of hydrogen-bond donors (Lipinski definition) is 1. The molecule has 0 amide bonds. The lowest BCUT2D eigenvalue weighted by molar-refractivity contribution is -0.105. The number of hydrogen-bond acceptors (Lipinski definition) is 2. The van der Waals surface area contributed by atoms with Crippen LogP contribution in [0.2, 0.25) is 0 Å². The molecule has 0 spiro atoms. The molecule has 0 radical (unpaired) electrons. The van der Waals surface area contributed by atoms with E-state index in [-0.39, 0.29) is 5.41 Å². The largest absolute Gasteiger partial charge is 0.398 e. The van der Waals surface area contributed by atoms with E-state index in [1.54, 1.807) is 12.1 Å². The maximum absolute atomic E-state index is 12.2. The second kappa shape index (κ2) is 5.87. The topological polar surface area (TPSA) is 12.0 Å². The van der Waals surface area contributed by atoms with Gasteiger partial charge in [0, 0.05) is 17.1 Å². The maximum atomic E-state index is 12.2. The summed E-state index contributed by atoms with van der Waals surface area (Å²) >= 11 is 0.817. The van der Waals surface area contributed by atoms with Crippen LogP contribution in [0.25, 0.3) is 0 Å². The lowest BCUT2D eigenvalue weighted by Crippen LogP contribution is -2.19. The molecule has 0 aliphatic heterocycles. The number of para-hydroxylation sites is 1. The van der Waals surface area contributed by atoms with E-state index in [1.807, 2.05) is 12.1 Å². The summed E-state index contributed by atoms with van der Waals surface area (Å²) in [6.45, 7) is 6.94. The van der Waals surface area contributed by atoms with E-state index in [1.165, 1.54) is 0 Å². The van der Waals surface area contributed by atoms with Crippen molar-refractivity contribution in [3.63, 3.8) is 0 Å². The minimum absolute atomic E-state index is 0.0851. The van der Waals surface area contributed by atoms with Crippen LogP contribution in [0, 0.1) is 5.41 Å². The maximum Gasteiger partial charge on any atom is 0.398 e. The van der Waals surface area contributed by atoms with Crippen molar-refractivity contribution in [1.29, 1.82) is 0 Å². The minimum atomic E-state index is -4.14. The molecule has 1 rings (SSSR count). The molecule has 5 heteroatoms. The van der Waals surface area contributed by atoms with Crippen LogP contribution in [0.15, 0.2) is 29.2 Å². The summed E-state index contributed by atoms with van der Waals surface area (Å²) in [5, 5.41) is 3.20. The molecule has 0 saturated carbocycles. The lowest BCUT2D eigenvalue weighted by Gasteiger charge is -2.21. The van der Waals surface area contributed by atoms with Gasteiger partial charge in [-0.15, -0.1) is 11.8 Å². The Kier molecular flexibility index (Phi) is 4.96. The van der Waals surface area contributed by atoms with E-state index in [4.69, 9.17) is 0 Å². The Morgan fingerprint density at radius 2 is 1.72 bits per heavy atom. The normalized spacial score (nSPS) is 12.6. The molecule has 0 aliphatic rings. The second-order valence-corrected chi connectivity index (χ2v) is 6.33. The van der Waals surface area contributed by atoms with E-state index in [9.17, 15) is 13.2 Å². The number of benzene rings is 1. The molecule has 0 heterocycles. The highest BCUT2D eigenvalue weighted by Gasteiger charge is 2.27. The Hall–Kier alpha value is -0.840. The standard InChI is InChI=1S/C13H18F3NS/c1-12(2,3)8-17-10-6-4-5-7-11(10)18-9-13(14,15)16/h4-7,17H,8-9H2,1-3H3. The fraction of sp³-hybridized carbons (Fsp3) is 0.538. The van der Waals surface area contributed by atoms with Crippen molar-refractivity contribution >= 4 is 17.4 Å². The summed E-state index contributed by atoms with van der Waals surface area (Å²) in [4.78, 5) is 0.638. The van der Waals surface area contributed by atoms with Crippen molar-refractivity contribution in [3.05, 3.63) is 24.3 Å². The lowest BCUT2D eigenvalue weighted by atomic mass is 9.97. The highest BCUT2D eigenvalue weighted by molar-refractivity contribution is 7.99. The highest BCUT2D eigenvalue weighted by atomic mass is 32.2. The van der Waals surface area contributed by atoms with Gasteiger partial charge in [0.05, 0.1) is 5.75 Å². The summed E-state index contributed by atoms with van der Waals surface area (Å²) in [6, 6.07) is 7.09. The van der Waals surface area contributed by atoms with Crippen molar-refractivity contribution < 1.29 is 13.2 Å². The van der Waals surface area contributed by atoms with E-state index < -0.39 is 11.9 Å². The number of halogens is 3. The van der Waals surface area contributed by atoms with Crippen LogP contribution < -0.4 is 5.32 Å². The molecule has 18 heavy (non-hydrogen) atoms. The Morgan fingerprint density at radius 1 is 1.11 bits per heavy atom. The van der Waals surface area contributed by atoms with Crippen molar-refractivity contribution in [2.24, 2.45) is 5.41 Å². The van der Waals surface area contributed by atoms with Gasteiger partial charge in [-0.2, -0.15) is 13.2 Å². The van der Waals surface area contributed by atoms with Crippen LogP contribution in [-0.2, 0) is 0 Å². The zero-order valence-corrected chi connectivity index (χ0v) is 11.6. The fourth-order valence-corrected chi connectivity index (χ4v) is 2.05. The van der Waals surface area contributed by atoms with Gasteiger partial charge in [0.2, 0.25) is 0 Å². The predicted molar refractivity (Wildman–Crippen MR) is 71.2 cm³/mol. The molecular formula is C13H18F3NS. The van der Waals surface area contributed by atoms with Gasteiger partial charge in [-0.25, -0.2) is 0 Å². The first-order chi connectivity index (χ1) is 8.17. The number of thioether (sulfide) groups is 1. The van der Waals surface area contributed by atoms with Gasteiger partial charge in [0.25, 0.3) is 0 Å². The first kappa shape index (κ1) is 15.2. The average Bonchev–Trinajstić information content (AvgIpc) is 2.22. The third-order valence-electron chi connectivity index (χ3n) is 2.09. The fourth-order valence-electron chi connectivity index (χ4n) is 1.26. The van der Waals surface area contributed by atoms with Crippen LogP contribution in [0.3, 0.4) is 0 Å². The van der Waals surface area contributed by atoms with Crippen LogP contribution in [-0.4, -0.2) is 18.5 Å². The first-order valence-electron chi connectivity index (χ1n) is 5.70. The molecule has 1 aromatic rings. The van der Waals surface area contributed by atoms with Gasteiger partial charge < -0.3 is 5.32 Å². The van der Waals surface area contributed by atoms with Gasteiger partial charge in [-0.1, -0.05) is 32.9 Å². The van der Waals surface area contributed by atoms with E-state index >= 15 is 0 Å². The zero-order valence-electron chi connectivity index (χ0n) is 10.8. The van der Waals surface area contributed by atoms with Gasteiger partial charge in [-0.05, 0) is 17.5 Å². The first-order valence-corrected chi connectivity index (χ1v) is 6.68. The summed E-state index contributed by atoms with van der Waals surface area (Å²) in [6.07, 6.45) is -4.14. The van der Waals surface area contributed by atoms with Crippen LogP contribution in [0.4, 0.5) is 18.9 Å². The number of anilines is 1. The van der Waals surface area contributed by atoms with Gasteiger partial charge in [0.15, 0.2) is 0 Å². The van der Waals surface area contributed by atoms with Crippen molar-refractivity contribution in [2.75, 3.05) is 17.6 Å². The molecule has 0 unspecified atom stereocenters. The monoisotopic (exact) mass is 277 g/mol. The summed E-state index contributed by atoms with van der Waals surface area (Å²) < 4.78 is 36.6. The molecule has 1 aromatic carbocycles. The second-order valence-electron chi connectivity index (χ2n) is 5.31. The third-order valence-corrected chi connectivity index (χ3v) is 3.23. The summed E-state index contributed by atoms with van der Waals surface area (Å²) in [7, 11) is 0. The Balaban J connectivity index is 2.68. The average molecular weight is 277 g/mol. The summed E-state index contributed by atoms with van der Waals surface area (Å²) in [5.74, 6) is -0.860. The van der Waals surface area contributed by atoms with E-state index in [0.29, 0.717) is 4.90 Å². The molecule has 1 N–H and O–H groups in total. The van der Waals surface area contributed by atoms with Gasteiger partial charge >= 0.3 is 6.18 Å². The van der Waals surface area contributed by atoms with Crippen LogP contribution >= 0.6 is 11.8 Å².